The molecule has 1 aromatic rings. The predicted molar refractivity (Wildman–Crippen MR) is 68.1 cm³/mol. The van der Waals surface area contributed by atoms with Gasteiger partial charge in [0.1, 0.15) is 11.5 Å². The fourth-order valence-electron chi connectivity index (χ4n) is 2.34. The highest BCUT2D eigenvalue weighted by molar-refractivity contribution is 6.16. The van der Waals surface area contributed by atoms with Crippen LogP contribution < -0.4 is 5.32 Å². The quantitative estimate of drug-likeness (QED) is 0.514. The molecule has 0 radical (unpaired) electrons. The number of benzene rings is 1. The summed E-state index contributed by atoms with van der Waals surface area (Å²) in [6.07, 6.45) is -4.97. The minimum Gasteiger partial charge on any atom is -0.343 e. The minimum atomic E-state index is -4.97. The van der Waals surface area contributed by atoms with E-state index in [4.69, 9.17) is 0 Å². The van der Waals surface area contributed by atoms with Crippen LogP contribution in [0, 0.1) is 10.1 Å². The number of amides is 1. The summed E-state index contributed by atoms with van der Waals surface area (Å²) in [6.45, 7) is 2.87. The Morgan fingerprint density at radius 2 is 1.86 bits per heavy atom. The van der Waals surface area contributed by atoms with Gasteiger partial charge in [0, 0.05) is 6.07 Å². The smallest absolute Gasteiger partial charge is 0.343 e. The maximum absolute atomic E-state index is 12.9. The standard InChI is InChI=1S/C13H11F3N2O4/c1-12(2)10(19)9(11(20)17-12)6-3-4-8(18(21)22)7(5-6)13(14,15)16/h3-5,9H,1-2H3,(H,17,20). The van der Waals surface area contributed by atoms with Gasteiger partial charge in [-0.25, -0.2) is 0 Å². The molecule has 118 valence electrons. The van der Waals surface area contributed by atoms with E-state index in [1.165, 1.54) is 13.8 Å². The van der Waals surface area contributed by atoms with Crippen LogP contribution in [0.15, 0.2) is 18.2 Å². The Morgan fingerprint density at radius 3 is 2.27 bits per heavy atom. The van der Waals surface area contributed by atoms with Gasteiger partial charge in [-0.3, -0.25) is 19.7 Å². The molecule has 1 heterocycles. The zero-order valence-electron chi connectivity index (χ0n) is 11.5. The van der Waals surface area contributed by atoms with Crippen LogP contribution in [0.2, 0.25) is 0 Å². The Hall–Kier alpha value is -2.45. The van der Waals surface area contributed by atoms with Crippen molar-refractivity contribution in [1.29, 1.82) is 0 Å². The van der Waals surface area contributed by atoms with Gasteiger partial charge in [-0.15, -0.1) is 0 Å². The average Bonchev–Trinajstić information content (AvgIpc) is 2.56. The lowest BCUT2D eigenvalue weighted by atomic mass is 9.88. The van der Waals surface area contributed by atoms with Crippen molar-refractivity contribution >= 4 is 17.4 Å². The fourth-order valence-corrected chi connectivity index (χ4v) is 2.34. The maximum Gasteiger partial charge on any atom is 0.423 e. The Bertz CT molecular complexity index is 682. The lowest BCUT2D eigenvalue weighted by Crippen LogP contribution is -2.39. The van der Waals surface area contributed by atoms with Crippen molar-refractivity contribution in [2.45, 2.75) is 31.5 Å². The van der Waals surface area contributed by atoms with E-state index < -0.39 is 45.5 Å². The number of nitrogens with one attached hydrogen (secondary N) is 1. The molecule has 1 unspecified atom stereocenters. The van der Waals surface area contributed by atoms with Gasteiger partial charge in [-0.2, -0.15) is 13.2 Å². The number of carbonyl (C=O) groups excluding carboxylic acids is 2. The average molecular weight is 316 g/mol. The van der Waals surface area contributed by atoms with Crippen LogP contribution in [0.3, 0.4) is 0 Å². The summed E-state index contributed by atoms with van der Waals surface area (Å²) in [7, 11) is 0. The van der Waals surface area contributed by atoms with Gasteiger partial charge in [0.25, 0.3) is 5.69 Å². The number of nitro groups is 1. The Labute approximate surface area is 122 Å². The summed E-state index contributed by atoms with van der Waals surface area (Å²) in [5.41, 5.74) is -4.02. The summed E-state index contributed by atoms with van der Waals surface area (Å²) >= 11 is 0. The molecule has 1 atom stereocenters. The van der Waals surface area contributed by atoms with Crippen molar-refractivity contribution in [3.8, 4) is 0 Å². The summed E-state index contributed by atoms with van der Waals surface area (Å²) in [6, 6.07) is 2.14. The number of rotatable bonds is 2. The third kappa shape index (κ3) is 2.53. The van der Waals surface area contributed by atoms with Gasteiger partial charge in [0.15, 0.2) is 5.78 Å². The zero-order valence-corrected chi connectivity index (χ0v) is 11.5. The normalized spacial score (nSPS) is 20.9. The molecule has 0 aromatic heterocycles. The molecule has 2 rings (SSSR count). The molecule has 1 aromatic carbocycles. The monoisotopic (exact) mass is 316 g/mol. The topological polar surface area (TPSA) is 89.3 Å². The zero-order chi connectivity index (χ0) is 16.9. The maximum atomic E-state index is 12.9. The highest BCUT2D eigenvalue weighted by atomic mass is 19.4. The van der Waals surface area contributed by atoms with Gasteiger partial charge in [-0.05, 0) is 25.5 Å². The molecular weight excluding hydrogens is 305 g/mol. The third-order valence-corrected chi connectivity index (χ3v) is 3.43. The third-order valence-electron chi connectivity index (χ3n) is 3.43. The Balaban J connectivity index is 2.57. The van der Waals surface area contributed by atoms with Crippen LogP contribution in [-0.4, -0.2) is 22.2 Å². The second-order valence-electron chi connectivity index (χ2n) is 5.44. The molecule has 1 fully saturated rings. The molecular formula is C13H11F3N2O4. The van der Waals surface area contributed by atoms with Crippen LogP contribution in [-0.2, 0) is 15.8 Å². The Kier molecular flexibility index (Phi) is 3.47. The van der Waals surface area contributed by atoms with Crippen LogP contribution in [0.1, 0.15) is 30.9 Å². The number of halogens is 3. The van der Waals surface area contributed by atoms with E-state index in [0.29, 0.717) is 12.1 Å². The van der Waals surface area contributed by atoms with E-state index in [1.807, 2.05) is 0 Å². The van der Waals surface area contributed by atoms with Crippen molar-refractivity contribution < 1.29 is 27.7 Å². The molecule has 9 heteroatoms. The first-order valence-electron chi connectivity index (χ1n) is 6.17. The van der Waals surface area contributed by atoms with Crippen LogP contribution in [0.5, 0.6) is 0 Å². The van der Waals surface area contributed by atoms with E-state index in [1.54, 1.807) is 0 Å². The van der Waals surface area contributed by atoms with Gasteiger partial charge in [-0.1, -0.05) is 6.07 Å². The highest BCUT2D eigenvalue weighted by Gasteiger charge is 2.48. The van der Waals surface area contributed by atoms with Gasteiger partial charge in [0.05, 0.1) is 10.5 Å². The first-order chi connectivity index (χ1) is 9.95. The largest absolute Gasteiger partial charge is 0.423 e. The van der Waals surface area contributed by atoms with Crippen molar-refractivity contribution in [2.24, 2.45) is 0 Å². The Morgan fingerprint density at radius 1 is 1.27 bits per heavy atom. The molecule has 22 heavy (non-hydrogen) atoms. The summed E-state index contributed by atoms with van der Waals surface area (Å²) < 4.78 is 38.8. The van der Waals surface area contributed by atoms with E-state index in [9.17, 15) is 32.9 Å². The second-order valence-corrected chi connectivity index (χ2v) is 5.44. The van der Waals surface area contributed by atoms with E-state index in [0.717, 1.165) is 6.07 Å². The van der Waals surface area contributed by atoms with Crippen LogP contribution in [0.4, 0.5) is 18.9 Å². The molecule has 0 saturated carbocycles. The molecule has 1 aliphatic rings. The number of hydrogen-bond acceptors (Lipinski definition) is 4. The molecule has 6 nitrogen and oxygen atoms in total. The second kappa shape index (κ2) is 4.79. The molecule has 1 amide bonds. The van der Waals surface area contributed by atoms with Crippen molar-refractivity contribution in [3.05, 3.63) is 39.4 Å². The summed E-state index contributed by atoms with van der Waals surface area (Å²) in [5, 5.41) is 13.1. The number of hydrogen-bond donors (Lipinski definition) is 1. The van der Waals surface area contributed by atoms with E-state index >= 15 is 0 Å². The highest BCUT2D eigenvalue weighted by Crippen LogP contribution is 2.39. The molecule has 1 N–H and O–H groups in total. The van der Waals surface area contributed by atoms with Gasteiger partial charge >= 0.3 is 6.18 Å². The fraction of sp³-hybridized carbons (Fsp3) is 0.385. The number of nitro benzene ring substituents is 1. The number of carbonyl (C=O) groups is 2. The lowest BCUT2D eigenvalue weighted by Gasteiger charge is -2.15. The number of alkyl halides is 3. The molecule has 1 aliphatic heterocycles. The van der Waals surface area contributed by atoms with Crippen LogP contribution in [0.25, 0.3) is 0 Å². The van der Waals surface area contributed by atoms with Gasteiger partial charge < -0.3 is 5.32 Å². The summed E-state index contributed by atoms with van der Waals surface area (Å²) in [5.74, 6) is -2.71. The van der Waals surface area contributed by atoms with E-state index in [2.05, 4.69) is 5.32 Å². The number of nitrogens with zero attached hydrogens (tertiary/aromatic N) is 1. The summed E-state index contributed by atoms with van der Waals surface area (Å²) in [4.78, 5) is 33.5. The predicted octanol–water partition coefficient (Wildman–Crippen LogP) is 2.17. The van der Waals surface area contributed by atoms with Crippen molar-refractivity contribution in [3.63, 3.8) is 0 Å². The molecule has 0 spiro atoms. The van der Waals surface area contributed by atoms with Crippen molar-refractivity contribution in [1.82, 2.24) is 5.32 Å². The first-order valence-corrected chi connectivity index (χ1v) is 6.17. The molecule has 0 bridgehead atoms. The van der Waals surface area contributed by atoms with E-state index in [-0.39, 0.29) is 5.56 Å². The van der Waals surface area contributed by atoms with Gasteiger partial charge in [0.2, 0.25) is 5.91 Å². The first kappa shape index (κ1) is 15.9. The SMILES string of the molecule is CC1(C)NC(=O)C(c2ccc([N+](=O)[O-])c(C(F)(F)F)c2)C1=O. The molecule has 0 aliphatic carbocycles. The minimum absolute atomic E-state index is 0.217. The van der Waals surface area contributed by atoms with Crippen molar-refractivity contribution in [2.75, 3.05) is 0 Å². The number of ketones is 1. The lowest BCUT2D eigenvalue weighted by molar-refractivity contribution is -0.388. The molecule has 1 saturated heterocycles. The van der Waals surface area contributed by atoms with Crippen LogP contribution >= 0.6 is 0 Å². The number of Topliss-reactive ketones (excluding diaryl/α,β-unsaturated/α-hetero) is 1.